The van der Waals surface area contributed by atoms with Gasteiger partial charge in [0.2, 0.25) is 0 Å². The number of nitrogens with one attached hydrogen (secondary N) is 2. The molecule has 1 aromatic heterocycles. The molecule has 0 aliphatic carbocycles. The first kappa shape index (κ1) is 20.6. The number of aromatic amines is 1. The Labute approximate surface area is 181 Å². The van der Waals surface area contributed by atoms with Crippen molar-refractivity contribution >= 4 is 22.6 Å². The van der Waals surface area contributed by atoms with Gasteiger partial charge >= 0.3 is 0 Å². The highest BCUT2D eigenvalue weighted by Gasteiger charge is 2.28. The SMILES string of the molecule is CNC(=O)c1ccc(CN(C)C(C(=O)c2c[nH]c3ccccc23)c2ccccc2)cc1. The third-order valence-electron chi connectivity index (χ3n) is 5.53. The zero-order valence-electron chi connectivity index (χ0n) is 17.6. The van der Waals surface area contributed by atoms with Gasteiger partial charge in [-0.25, -0.2) is 0 Å². The molecule has 1 heterocycles. The van der Waals surface area contributed by atoms with Crippen molar-refractivity contribution in [1.29, 1.82) is 0 Å². The first-order valence-corrected chi connectivity index (χ1v) is 10.2. The Hall–Kier alpha value is -3.70. The highest BCUT2D eigenvalue weighted by molar-refractivity contribution is 6.10. The second-order valence-electron chi connectivity index (χ2n) is 7.62. The van der Waals surface area contributed by atoms with Crippen LogP contribution in [0.15, 0.2) is 85.1 Å². The summed E-state index contributed by atoms with van der Waals surface area (Å²) in [6, 6.07) is 24.7. The topological polar surface area (TPSA) is 65.2 Å². The van der Waals surface area contributed by atoms with Gasteiger partial charge in [0.25, 0.3) is 5.91 Å². The van der Waals surface area contributed by atoms with Crippen LogP contribution >= 0.6 is 0 Å². The predicted octanol–water partition coefficient (Wildman–Crippen LogP) is 4.58. The Kier molecular flexibility index (Phi) is 5.96. The summed E-state index contributed by atoms with van der Waals surface area (Å²) in [7, 11) is 3.57. The van der Waals surface area contributed by atoms with Gasteiger partial charge in [0.05, 0.1) is 6.04 Å². The van der Waals surface area contributed by atoms with E-state index in [1.165, 1.54) is 0 Å². The minimum absolute atomic E-state index is 0.0492. The maximum atomic E-state index is 13.7. The molecule has 4 aromatic rings. The summed E-state index contributed by atoms with van der Waals surface area (Å²) in [6.45, 7) is 0.571. The Morgan fingerprint density at radius 1 is 0.935 bits per heavy atom. The lowest BCUT2D eigenvalue weighted by Gasteiger charge is -2.27. The molecule has 0 fully saturated rings. The standard InChI is InChI=1S/C26H25N3O2/c1-27-26(31)20-14-12-18(13-15-20)17-29(2)24(19-8-4-3-5-9-19)25(30)22-16-28-23-11-7-6-10-21(22)23/h3-16,24,28H,17H2,1-2H3,(H,27,31). The first-order valence-electron chi connectivity index (χ1n) is 10.2. The van der Waals surface area contributed by atoms with E-state index < -0.39 is 6.04 Å². The number of hydrogen-bond acceptors (Lipinski definition) is 3. The third-order valence-corrected chi connectivity index (χ3v) is 5.53. The van der Waals surface area contributed by atoms with Crippen LogP contribution in [0.4, 0.5) is 0 Å². The van der Waals surface area contributed by atoms with Crippen molar-refractivity contribution in [3.63, 3.8) is 0 Å². The maximum Gasteiger partial charge on any atom is 0.251 e. The summed E-state index contributed by atoms with van der Waals surface area (Å²) in [5.41, 5.74) is 4.23. The second-order valence-corrected chi connectivity index (χ2v) is 7.62. The predicted molar refractivity (Wildman–Crippen MR) is 123 cm³/mol. The fourth-order valence-electron chi connectivity index (χ4n) is 3.95. The summed E-state index contributed by atoms with van der Waals surface area (Å²) in [6.07, 6.45) is 1.80. The lowest BCUT2D eigenvalue weighted by atomic mass is 9.95. The van der Waals surface area contributed by atoms with E-state index in [1.54, 1.807) is 25.4 Å². The largest absolute Gasteiger partial charge is 0.360 e. The van der Waals surface area contributed by atoms with Gasteiger partial charge in [0.15, 0.2) is 5.78 Å². The first-order chi connectivity index (χ1) is 15.1. The number of Topliss-reactive ketones (excluding diaryl/α,β-unsaturated/α-hetero) is 1. The quantitative estimate of drug-likeness (QED) is 0.438. The number of hydrogen-bond donors (Lipinski definition) is 2. The second kappa shape index (κ2) is 8.98. The van der Waals surface area contributed by atoms with E-state index in [2.05, 4.69) is 10.3 Å². The minimum Gasteiger partial charge on any atom is -0.360 e. The number of H-pyrrole nitrogens is 1. The summed E-state index contributed by atoms with van der Waals surface area (Å²) < 4.78 is 0. The molecule has 0 aliphatic rings. The Morgan fingerprint density at radius 3 is 2.32 bits per heavy atom. The van der Waals surface area contributed by atoms with Gasteiger partial charge in [-0.2, -0.15) is 0 Å². The molecule has 0 spiro atoms. The van der Waals surface area contributed by atoms with Crippen molar-refractivity contribution in [2.45, 2.75) is 12.6 Å². The van der Waals surface area contributed by atoms with Crippen LogP contribution in [-0.4, -0.2) is 35.7 Å². The Bertz CT molecular complexity index is 1200. The van der Waals surface area contributed by atoms with Crippen molar-refractivity contribution in [2.75, 3.05) is 14.1 Å². The van der Waals surface area contributed by atoms with E-state index >= 15 is 0 Å². The number of amides is 1. The van der Waals surface area contributed by atoms with Gasteiger partial charge in [-0.15, -0.1) is 0 Å². The molecule has 5 heteroatoms. The van der Waals surface area contributed by atoms with Gasteiger partial charge in [-0.1, -0.05) is 60.7 Å². The fraction of sp³-hybridized carbons (Fsp3) is 0.154. The third kappa shape index (κ3) is 4.27. The van der Waals surface area contributed by atoms with Gasteiger partial charge in [0.1, 0.15) is 0 Å². The summed E-state index contributed by atoms with van der Waals surface area (Å²) >= 11 is 0. The average molecular weight is 412 g/mol. The number of fused-ring (bicyclic) bond motifs is 1. The highest BCUT2D eigenvalue weighted by Crippen LogP contribution is 2.29. The van der Waals surface area contributed by atoms with Crippen LogP contribution < -0.4 is 5.32 Å². The molecule has 3 aromatic carbocycles. The molecule has 5 nitrogen and oxygen atoms in total. The van der Waals surface area contributed by atoms with Crippen LogP contribution in [0, 0.1) is 0 Å². The van der Waals surface area contributed by atoms with Crippen molar-refractivity contribution < 1.29 is 9.59 Å². The van der Waals surface area contributed by atoms with Gasteiger partial charge in [-0.3, -0.25) is 14.5 Å². The van der Waals surface area contributed by atoms with Crippen LogP contribution in [0.1, 0.15) is 37.9 Å². The molecule has 0 aliphatic heterocycles. The maximum absolute atomic E-state index is 13.7. The molecule has 0 bridgehead atoms. The summed E-state index contributed by atoms with van der Waals surface area (Å²) in [5, 5.41) is 3.56. The number of likely N-dealkylation sites (N-methyl/N-ethyl adjacent to an activating group) is 1. The molecular weight excluding hydrogens is 386 g/mol. The summed E-state index contributed by atoms with van der Waals surface area (Å²) in [4.78, 5) is 30.8. The molecule has 31 heavy (non-hydrogen) atoms. The molecule has 0 radical (unpaired) electrons. The number of nitrogens with zero attached hydrogens (tertiary/aromatic N) is 1. The minimum atomic E-state index is -0.431. The highest BCUT2D eigenvalue weighted by atomic mass is 16.1. The number of carbonyl (C=O) groups excluding carboxylic acids is 2. The van der Waals surface area contributed by atoms with E-state index in [4.69, 9.17) is 0 Å². The molecule has 156 valence electrons. The molecule has 1 atom stereocenters. The molecule has 0 saturated carbocycles. The van der Waals surface area contributed by atoms with E-state index in [9.17, 15) is 9.59 Å². The van der Waals surface area contributed by atoms with Crippen molar-refractivity contribution in [1.82, 2.24) is 15.2 Å². The van der Waals surface area contributed by atoms with Gasteiger partial charge < -0.3 is 10.3 Å². The monoisotopic (exact) mass is 411 g/mol. The van der Waals surface area contributed by atoms with Gasteiger partial charge in [0, 0.05) is 41.8 Å². The molecular formula is C26H25N3O2. The number of benzene rings is 3. The molecule has 1 amide bonds. The van der Waals surface area contributed by atoms with Crippen molar-refractivity contribution in [3.05, 3.63) is 107 Å². The normalized spacial score (nSPS) is 12.1. The Balaban J connectivity index is 1.65. The van der Waals surface area contributed by atoms with E-state index in [-0.39, 0.29) is 11.7 Å². The van der Waals surface area contributed by atoms with Crippen LogP contribution in [0.5, 0.6) is 0 Å². The molecule has 0 saturated heterocycles. The molecule has 2 N–H and O–H groups in total. The number of aromatic nitrogens is 1. The van der Waals surface area contributed by atoms with Crippen LogP contribution in [0.25, 0.3) is 10.9 Å². The van der Waals surface area contributed by atoms with E-state index in [0.717, 1.165) is 22.0 Å². The number of para-hydroxylation sites is 1. The van der Waals surface area contributed by atoms with Crippen molar-refractivity contribution in [3.8, 4) is 0 Å². The number of carbonyl (C=O) groups is 2. The van der Waals surface area contributed by atoms with E-state index in [1.807, 2.05) is 78.7 Å². The van der Waals surface area contributed by atoms with Crippen LogP contribution in [-0.2, 0) is 6.54 Å². The summed E-state index contributed by atoms with van der Waals surface area (Å²) in [5.74, 6) is -0.0651. The number of ketones is 1. The zero-order chi connectivity index (χ0) is 21.8. The van der Waals surface area contributed by atoms with Gasteiger partial charge in [-0.05, 0) is 36.4 Å². The number of rotatable bonds is 7. The van der Waals surface area contributed by atoms with Crippen LogP contribution in [0.3, 0.4) is 0 Å². The zero-order valence-corrected chi connectivity index (χ0v) is 17.6. The van der Waals surface area contributed by atoms with Crippen LogP contribution in [0.2, 0.25) is 0 Å². The Morgan fingerprint density at radius 2 is 1.61 bits per heavy atom. The lowest BCUT2D eigenvalue weighted by Crippen LogP contribution is -2.30. The molecule has 1 unspecified atom stereocenters. The van der Waals surface area contributed by atoms with Crippen molar-refractivity contribution in [2.24, 2.45) is 0 Å². The smallest absolute Gasteiger partial charge is 0.251 e. The van der Waals surface area contributed by atoms with E-state index in [0.29, 0.717) is 17.7 Å². The lowest BCUT2D eigenvalue weighted by molar-refractivity contribution is 0.0844. The average Bonchev–Trinajstić information content (AvgIpc) is 3.24. The molecule has 4 rings (SSSR count). The fourth-order valence-corrected chi connectivity index (χ4v) is 3.95.